The molecule has 0 unspecified atom stereocenters. The van der Waals surface area contributed by atoms with Crippen molar-refractivity contribution in [2.75, 3.05) is 0 Å². The molecule has 0 atom stereocenters. The Hall–Kier alpha value is 2.90. The van der Waals surface area contributed by atoms with Crippen molar-refractivity contribution in [2.45, 2.75) is 0 Å². The van der Waals surface area contributed by atoms with Crippen molar-refractivity contribution < 1.29 is 104 Å². The van der Waals surface area contributed by atoms with E-state index in [4.69, 9.17) is 15.1 Å². The van der Waals surface area contributed by atoms with Crippen LogP contribution in [0.25, 0.3) is 0 Å². The minimum Gasteiger partial charge on any atom is -0.907 e. The van der Waals surface area contributed by atoms with Crippen molar-refractivity contribution in [3.8, 4) is 0 Å². The zero-order valence-electron chi connectivity index (χ0n) is 5.51. The molecule has 0 amide bonds. The Bertz CT molecular complexity index is 19.2. The number of rotatable bonds is 0. The molecule has 0 aromatic carbocycles. The minimum atomic E-state index is -2.92. The maximum atomic E-state index is 8.42. The first-order valence-electron chi connectivity index (χ1n) is 0.707. The van der Waals surface area contributed by atoms with Crippen molar-refractivity contribution >= 4 is 7.32 Å². The molecule has 0 fully saturated rings. The van der Waals surface area contributed by atoms with Gasteiger partial charge in [-0.2, -0.15) is 0 Å². The predicted octanol–water partition coefficient (Wildman–Crippen LogP) is -12.8. The van der Waals surface area contributed by atoms with Gasteiger partial charge in [-0.25, -0.2) is 0 Å². The zero-order chi connectivity index (χ0) is 3.58. The van der Waals surface area contributed by atoms with Crippen LogP contribution in [-0.4, -0.2) is 7.32 Å². The van der Waals surface area contributed by atoms with Crippen LogP contribution in [0.3, 0.4) is 0 Å². The Labute approximate surface area is 115 Å². The molecule has 0 aliphatic carbocycles. The van der Waals surface area contributed by atoms with Gasteiger partial charge in [0.05, 0.1) is 0 Å². The maximum Gasteiger partial charge on any atom is 1.00 e. The molecule has 0 radical (unpaired) electrons. The third-order valence-corrected chi connectivity index (χ3v) is 0. The second-order valence-corrected chi connectivity index (χ2v) is 0.289. The standard InChI is InChI=1S/BO3.H3N.3Na/c2-1(3)4;;;;/h;1H3;;;/q-3;;3*+1. The van der Waals surface area contributed by atoms with Gasteiger partial charge in [0, 0.05) is 0 Å². The van der Waals surface area contributed by atoms with Gasteiger partial charge in [0.15, 0.2) is 0 Å². The van der Waals surface area contributed by atoms with Gasteiger partial charge in [-0.1, -0.05) is 0 Å². The largest absolute Gasteiger partial charge is 1.00 e. The first kappa shape index (κ1) is 30.7. The summed E-state index contributed by atoms with van der Waals surface area (Å²) in [6.45, 7) is 0. The topological polar surface area (TPSA) is 104 Å². The van der Waals surface area contributed by atoms with E-state index in [1.807, 2.05) is 0 Å². The van der Waals surface area contributed by atoms with Crippen molar-refractivity contribution in [1.82, 2.24) is 6.15 Å². The van der Waals surface area contributed by atoms with Crippen LogP contribution < -0.4 is 110 Å². The molecular weight excluding hydrogens is 142 g/mol. The number of hydrogen-bond donors (Lipinski definition) is 1. The summed E-state index contributed by atoms with van der Waals surface area (Å²) in [5.41, 5.74) is 0. The zero-order valence-corrected chi connectivity index (χ0v) is 11.5. The maximum absolute atomic E-state index is 8.42. The molecule has 3 N–H and O–H groups in total. The van der Waals surface area contributed by atoms with Gasteiger partial charge in [0.25, 0.3) is 0 Å². The van der Waals surface area contributed by atoms with Gasteiger partial charge >= 0.3 is 88.7 Å². The monoisotopic (exact) mass is 145 g/mol. The van der Waals surface area contributed by atoms with E-state index in [0.29, 0.717) is 0 Å². The van der Waals surface area contributed by atoms with Gasteiger partial charge in [0.1, 0.15) is 0 Å². The van der Waals surface area contributed by atoms with Crippen molar-refractivity contribution in [1.29, 1.82) is 0 Å². The van der Waals surface area contributed by atoms with Crippen LogP contribution in [-0.2, 0) is 0 Å². The van der Waals surface area contributed by atoms with Crippen molar-refractivity contribution in [3.05, 3.63) is 0 Å². The van der Waals surface area contributed by atoms with Crippen molar-refractivity contribution in [3.63, 3.8) is 0 Å². The van der Waals surface area contributed by atoms with Crippen LogP contribution in [0.5, 0.6) is 0 Å². The normalized spacial score (nSPS) is 3.38. The molecule has 0 saturated heterocycles. The Morgan fingerprint density at radius 3 is 0.750 bits per heavy atom. The summed E-state index contributed by atoms with van der Waals surface area (Å²) in [4.78, 5) is 0. The summed E-state index contributed by atoms with van der Waals surface area (Å²) in [5.74, 6) is 0. The van der Waals surface area contributed by atoms with Crippen LogP contribution in [0.2, 0.25) is 0 Å². The molecule has 0 aromatic rings. The third-order valence-electron chi connectivity index (χ3n) is 0. The number of hydrogen-bond acceptors (Lipinski definition) is 4. The minimum absolute atomic E-state index is 0. The molecule has 0 heterocycles. The first-order chi connectivity index (χ1) is 1.73. The van der Waals surface area contributed by atoms with E-state index in [-0.39, 0.29) is 94.8 Å². The smallest absolute Gasteiger partial charge is 0.907 e. The van der Waals surface area contributed by atoms with E-state index in [1.54, 1.807) is 0 Å². The average molecular weight is 145 g/mol. The van der Waals surface area contributed by atoms with Gasteiger partial charge in [0.2, 0.25) is 0 Å². The van der Waals surface area contributed by atoms with E-state index in [1.165, 1.54) is 0 Å². The average Bonchev–Trinajstić information content (AvgIpc) is 0.811. The molecule has 0 aliphatic rings. The Morgan fingerprint density at radius 2 is 0.750 bits per heavy atom. The molecule has 0 rings (SSSR count). The predicted molar refractivity (Wildman–Crippen MR) is 10.8 cm³/mol. The van der Waals surface area contributed by atoms with Crippen LogP contribution >= 0.6 is 0 Å². The van der Waals surface area contributed by atoms with E-state index in [0.717, 1.165) is 0 Å². The molecule has 32 valence electrons. The molecule has 4 nitrogen and oxygen atoms in total. The van der Waals surface area contributed by atoms with Gasteiger partial charge in [-0.15, -0.1) is 0 Å². The van der Waals surface area contributed by atoms with E-state index in [9.17, 15) is 0 Å². The molecule has 8 heteroatoms. The molecule has 0 saturated carbocycles. The molecule has 0 spiro atoms. The Balaban J connectivity index is -0.00000000750. The summed E-state index contributed by atoms with van der Waals surface area (Å²) >= 11 is 0. The van der Waals surface area contributed by atoms with E-state index < -0.39 is 7.32 Å². The van der Waals surface area contributed by atoms with Crippen LogP contribution in [0.1, 0.15) is 0 Å². The third kappa shape index (κ3) is 65.9. The summed E-state index contributed by atoms with van der Waals surface area (Å²) in [6.07, 6.45) is 0. The van der Waals surface area contributed by atoms with E-state index in [2.05, 4.69) is 0 Å². The summed E-state index contributed by atoms with van der Waals surface area (Å²) in [6, 6.07) is 0. The molecular formula is H3BNNa3O3. The second kappa shape index (κ2) is 22.5. The van der Waals surface area contributed by atoms with E-state index >= 15 is 0 Å². The Kier molecular flexibility index (Phi) is 86.4. The SMILES string of the molecule is N.[Na+].[Na+].[Na+].[O-]B([O-])[O-]. The summed E-state index contributed by atoms with van der Waals surface area (Å²) in [5, 5.41) is 25.2. The quantitative estimate of drug-likeness (QED) is 0.341. The van der Waals surface area contributed by atoms with Crippen LogP contribution in [0, 0.1) is 0 Å². The van der Waals surface area contributed by atoms with Crippen LogP contribution in [0.4, 0.5) is 0 Å². The first-order valence-corrected chi connectivity index (χ1v) is 0.707. The van der Waals surface area contributed by atoms with Gasteiger partial charge in [-0.05, 0) is 0 Å². The molecule has 0 aromatic heterocycles. The summed E-state index contributed by atoms with van der Waals surface area (Å²) in [7, 11) is -2.92. The summed E-state index contributed by atoms with van der Waals surface area (Å²) < 4.78 is 0. The molecule has 0 bridgehead atoms. The fraction of sp³-hybridized carbons (Fsp3) is 0. The fourth-order valence-corrected chi connectivity index (χ4v) is 0. The second-order valence-electron chi connectivity index (χ2n) is 0.289. The van der Waals surface area contributed by atoms with Crippen molar-refractivity contribution in [2.24, 2.45) is 0 Å². The van der Waals surface area contributed by atoms with Gasteiger partial charge < -0.3 is 21.2 Å². The Morgan fingerprint density at radius 1 is 0.750 bits per heavy atom. The molecule has 8 heavy (non-hydrogen) atoms. The fourth-order valence-electron chi connectivity index (χ4n) is 0. The van der Waals surface area contributed by atoms with Gasteiger partial charge in [-0.3, -0.25) is 7.32 Å². The molecule has 0 aliphatic heterocycles. The van der Waals surface area contributed by atoms with Crippen LogP contribution in [0.15, 0.2) is 0 Å².